The van der Waals surface area contributed by atoms with Crippen LogP contribution in [-0.4, -0.2) is 17.0 Å². The van der Waals surface area contributed by atoms with E-state index in [9.17, 15) is 4.79 Å². The second kappa shape index (κ2) is 4.93. The number of aromatic nitrogens is 2. The number of hydrogen-bond acceptors (Lipinski definition) is 3. The van der Waals surface area contributed by atoms with Gasteiger partial charge in [-0.25, -0.2) is 4.79 Å². The summed E-state index contributed by atoms with van der Waals surface area (Å²) in [7, 11) is 1.93. The lowest BCUT2D eigenvalue weighted by molar-refractivity contribution is 0.496. The highest BCUT2D eigenvalue weighted by atomic mass is 16.3. The Bertz CT molecular complexity index is 854. The molecule has 0 saturated heterocycles. The van der Waals surface area contributed by atoms with E-state index in [-0.39, 0.29) is 11.7 Å². The van der Waals surface area contributed by atoms with Gasteiger partial charge in [0.1, 0.15) is 11.5 Å². The van der Waals surface area contributed by atoms with Crippen molar-refractivity contribution in [1.29, 1.82) is 0 Å². The summed E-state index contributed by atoms with van der Waals surface area (Å²) in [6.07, 6.45) is 0. The molecule has 0 aliphatic carbocycles. The van der Waals surface area contributed by atoms with E-state index in [0.29, 0.717) is 0 Å². The van der Waals surface area contributed by atoms with Gasteiger partial charge in [0.05, 0.1) is 17.1 Å². The van der Waals surface area contributed by atoms with E-state index in [1.165, 1.54) is 0 Å². The summed E-state index contributed by atoms with van der Waals surface area (Å²) in [6, 6.07) is 5.97. The normalized spacial score (nSPS) is 13.0. The molecule has 5 nitrogen and oxygen atoms in total. The van der Waals surface area contributed by atoms with Gasteiger partial charge in [0.25, 0.3) is 0 Å². The van der Waals surface area contributed by atoms with E-state index in [2.05, 4.69) is 22.2 Å². The molecule has 0 saturated carbocycles. The standard InChI is InChI=1S/C16H19N3O2/c1-8-9(2)21-10(3)14(8)15(17-4)11-5-6-12-13(7-11)19-16(20)18-12/h5-7,15,17H,1-4H3,(H2,18,19,20). The predicted molar refractivity (Wildman–Crippen MR) is 82.7 cm³/mol. The van der Waals surface area contributed by atoms with Crippen LogP contribution >= 0.6 is 0 Å². The Morgan fingerprint density at radius 3 is 2.43 bits per heavy atom. The molecule has 0 amide bonds. The fourth-order valence-corrected chi connectivity index (χ4v) is 2.94. The lowest BCUT2D eigenvalue weighted by atomic mass is 9.95. The van der Waals surface area contributed by atoms with Crippen LogP contribution in [0.25, 0.3) is 11.0 Å². The zero-order valence-corrected chi connectivity index (χ0v) is 12.6. The molecular weight excluding hydrogens is 266 g/mol. The highest BCUT2D eigenvalue weighted by Crippen LogP contribution is 2.31. The number of aryl methyl sites for hydroxylation is 2. The van der Waals surface area contributed by atoms with Crippen LogP contribution in [-0.2, 0) is 0 Å². The molecule has 2 aromatic heterocycles. The Kier molecular flexibility index (Phi) is 3.22. The Labute approximate surface area is 122 Å². The monoisotopic (exact) mass is 285 g/mol. The van der Waals surface area contributed by atoms with E-state index < -0.39 is 0 Å². The van der Waals surface area contributed by atoms with Gasteiger partial charge >= 0.3 is 5.69 Å². The molecule has 1 unspecified atom stereocenters. The van der Waals surface area contributed by atoms with Crippen LogP contribution in [0.15, 0.2) is 27.4 Å². The van der Waals surface area contributed by atoms with Crippen LogP contribution in [0.4, 0.5) is 0 Å². The van der Waals surface area contributed by atoms with Crippen LogP contribution in [0.2, 0.25) is 0 Å². The molecule has 0 aliphatic heterocycles. The third kappa shape index (κ3) is 2.19. The second-order valence-electron chi connectivity index (χ2n) is 5.36. The molecule has 5 heteroatoms. The van der Waals surface area contributed by atoms with Crippen LogP contribution in [0, 0.1) is 20.8 Å². The minimum Gasteiger partial charge on any atom is -0.466 e. The number of fused-ring (bicyclic) bond motifs is 1. The van der Waals surface area contributed by atoms with E-state index in [0.717, 1.165) is 39.2 Å². The number of aromatic amines is 2. The van der Waals surface area contributed by atoms with Gasteiger partial charge in [0.15, 0.2) is 0 Å². The molecule has 0 bridgehead atoms. The zero-order chi connectivity index (χ0) is 15.1. The third-order valence-corrected chi connectivity index (χ3v) is 4.07. The van der Waals surface area contributed by atoms with Crippen molar-refractivity contribution >= 4 is 11.0 Å². The van der Waals surface area contributed by atoms with Crippen molar-refractivity contribution in [2.75, 3.05) is 7.05 Å². The largest absolute Gasteiger partial charge is 0.466 e. The summed E-state index contributed by atoms with van der Waals surface area (Å²) in [4.78, 5) is 16.9. The van der Waals surface area contributed by atoms with Crippen LogP contribution in [0.3, 0.4) is 0 Å². The molecule has 0 aliphatic rings. The average molecular weight is 285 g/mol. The number of imidazole rings is 1. The minimum atomic E-state index is -0.185. The van der Waals surface area contributed by atoms with Crippen molar-refractivity contribution in [3.63, 3.8) is 0 Å². The summed E-state index contributed by atoms with van der Waals surface area (Å²) in [5.74, 6) is 1.87. The molecule has 2 heterocycles. The van der Waals surface area contributed by atoms with Crippen molar-refractivity contribution in [1.82, 2.24) is 15.3 Å². The highest BCUT2D eigenvalue weighted by Gasteiger charge is 2.21. The first-order valence-corrected chi connectivity index (χ1v) is 6.97. The highest BCUT2D eigenvalue weighted by molar-refractivity contribution is 5.75. The SMILES string of the molecule is CNC(c1ccc2[nH]c(=O)[nH]c2c1)c1c(C)oc(C)c1C. The molecular formula is C16H19N3O2. The van der Waals surface area contributed by atoms with Crippen LogP contribution in [0.5, 0.6) is 0 Å². The fraction of sp³-hybridized carbons (Fsp3) is 0.312. The molecule has 1 atom stereocenters. The van der Waals surface area contributed by atoms with Gasteiger partial charge in [-0.15, -0.1) is 0 Å². The fourth-order valence-electron chi connectivity index (χ4n) is 2.94. The molecule has 3 aromatic rings. The van der Waals surface area contributed by atoms with Crippen molar-refractivity contribution in [2.24, 2.45) is 0 Å². The molecule has 110 valence electrons. The Morgan fingerprint density at radius 2 is 1.81 bits per heavy atom. The molecule has 21 heavy (non-hydrogen) atoms. The maximum Gasteiger partial charge on any atom is 0.323 e. The molecule has 3 N–H and O–H groups in total. The van der Waals surface area contributed by atoms with Gasteiger partial charge in [-0.05, 0) is 51.1 Å². The van der Waals surface area contributed by atoms with E-state index in [1.807, 2.05) is 39.1 Å². The van der Waals surface area contributed by atoms with Gasteiger partial charge in [-0.3, -0.25) is 0 Å². The quantitative estimate of drug-likeness (QED) is 0.692. The van der Waals surface area contributed by atoms with Crippen molar-refractivity contribution in [3.05, 3.63) is 56.9 Å². The number of furan rings is 1. The summed E-state index contributed by atoms with van der Waals surface area (Å²) in [6.45, 7) is 6.03. The molecule has 3 rings (SSSR count). The summed E-state index contributed by atoms with van der Waals surface area (Å²) >= 11 is 0. The van der Waals surface area contributed by atoms with Gasteiger partial charge in [0.2, 0.25) is 0 Å². The van der Waals surface area contributed by atoms with Crippen LogP contribution in [0.1, 0.15) is 34.3 Å². The van der Waals surface area contributed by atoms with Gasteiger partial charge in [-0.1, -0.05) is 6.07 Å². The summed E-state index contributed by atoms with van der Waals surface area (Å²) < 4.78 is 5.74. The van der Waals surface area contributed by atoms with Crippen molar-refractivity contribution in [2.45, 2.75) is 26.8 Å². The first kappa shape index (κ1) is 13.7. The van der Waals surface area contributed by atoms with Crippen molar-refractivity contribution < 1.29 is 4.42 Å². The van der Waals surface area contributed by atoms with Gasteiger partial charge in [-0.2, -0.15) is 0 Å². The Morgan fingerprint density at radius 1 is 1.10 bits per heavy atom. The van der Waals surface area contributed by atoms with E-state index in [4.69, 9.17) is 4.42 Å². The van der Waals surface area contributed by atoms with E-state index >= 15 is 0 Å². The summed E-state index contributed by atoms with van der Waals surface area (Å²) in [5, 5.41) is 3.34. The molecule has 1 aromatic carbocycles. The summed E-state index contributed by atoms with van der Waals surface area (Å²) in [5.41, 5.74) is 4.85. The molecule has 0 spiro atoms. The minimum absolute atomic E-state index is 0.0326. The number of nitrogens with one attached hydrogen (secondary N) is 3. The smallest absolute Gasteiger partial charge is 0.323 e. The first-order chi connectivity index (χ1) is 10.0. The Balaban J connectivity index is 2.15. The van der Waals surface area contributed by atoms with E-state index in [1.54, 1.807) is 0 Å². The lowest BCUT2D eigenvalue weighted by Gasteiger charge is -2.17. The predicted octanol–water partition coefficient (Wildman–Crippen LogP) is 2.68. The first-order valence-electron chi connectivity index (χ1n) is 6.97. The topological polar surface area (TPSA) is 73.8 Å². The van der Waals surface area contributed by atoms with Crippen molar-refractivity contribution in [3.8, 4) is 0 Å². The molecule has 0 fully saturated rings. The zero-order valence-electron chi connectivity index (χ0n) is 12.6. The maximum absolute atomic E-state index is 11.4. The number of rotatable bonds is 3. The molecule has 0 radical (unpaired) electrons. The van der Waals surface area contributed by atoms with Gasteiger partial charge < -0.3 is 19.7 Å². The number of H-pyrrole nitrogens is 2. The van der Waals surface area contributed by atoms with Gasteiger partial charge in [0, 0.05) is 5.56 Å². The maximum atomic E-state index is 11.4. The number of benzene rings is 1. The number of hydrogen-bond donors (Lipinski definition) is 3. The second-order valence-corrected chi connectivity index (χ2v) is 5.36. The average Bonchev–Trinajstić information content (AvgIpc) is 2.92. The Hall–Kier alpha value is -2.27. The third-order valence-electron chi connectivity index (χ3n) is 4.07. The lowest BCUT2D eigenvalue weighted by Crippen LogP contribution is -2.18. The van der Waals surface area contributed by atoms with Crippen LogP contribution < -0.4 is 11.0 Å².